The number of rotatable bonds is 15. The van der Waals surface area contributed by atoms with E-state index in [-0.39, 0.29) is 81.0 Å². The minimum atomic E-state index is -0.981. The van der Waals surface area contributed by atoms with E-state index in [1.807, 2.05) is 0 Å². The fraction of sp³-hybridized carbons (Fsp3) is 0.516. The maximum Gasteiger partial charge on any atom is 0.411 e. The molecule has 5 amide bonds. The van der Waals surface area contributed by atoms with E-state index in [2.05, 4.69) is 25.9 Å². The quantitative estimate of drug-likeness (QED) is 0.0546. The number of nitrogens with zero attached hydrogens (tertiary/aromatic N) is 4. The summed E-state index contributed by atoms with van der Waals surface area (Å²) < 4.78 is 21.1. The summed E-state index contributed by atoms with van der Waals surface area (Å²) in [5.74, 6) is -2.62. The lowest BCUT2D eigenvalue weighted by molar-refractivity contribution is -0.148. The summed E-state index contributed by atoms with van der Waals surface area (Å²) in [4.78, 5) is 111. The van der Waals surface area contributed by atoms with Gasteiger partial charge in [-0.1, -0.05) is 96.4 Å². The van der Waals surface area contributed by atoms with Gasteiger partial charge in [0.2, 0.25) is 5.91 Å². The average Bonchev–Trinajstić information content (AvgIpc) is 4.13. The molecule has 0 bridgehead atoms. The van der Waals surface area contributed by atoms with E-state index in [1.165, 1.54) is 34.6 Å². The molecule has 4 aromatic rings. The highest BCUT2D eigenvalue weighted by molar-refractivity contribution is 6.41. The number of nitrogens with two attached hydrogens (primary N) is 1. The average molecular weight is 1320 g/mol. The fourth-order valence-corrected chi connectivity index (χ4v) is 12.3. The Balaban J connectivity index is 0.000000264. The predicted octanol–water partition coefficient (Wildman–Crippen LogP) is 11.6. The zero-order valence-electron chi connectivity index (χ0n) is 50.6. The highest BCUT2D eigenvalue weighted by Gasteiger charge is 2.51. The van der Waals surface area contributed by atoms with Crippen molar-refractivity contribution >= 4 is 118 Å². The highest BCUT2D eigenvalue weighted by atomic mass is 35.5. The number of pyridine rings is 2. The summed E-state index contributed by atoms with van der Waals surface area (Å²) in [7, 11) is 0. The number of likely N-dealkylation sites (tertiary alicyclic amines) is 2. The lowest BCUT2D eigenvalue weighted by Crippen LogP contribution is -2.54. The summed E-state index contributed by atoms with van der Waals surface area (Å²) in [5, 5.41) is 18.3. The smallest absolute Gasteiger partial charge is 0.411 e. The van der Waals surface area contributed by atoms with Crippen LogP contribution in [-0.2, 0) is 51.0 Å². The van der Waals surface area contributed by atoms with Gasteiger partial charge in [0.1, 0.15) is 35.4 Å². The van der Waals surface area contributed by atoms with Crippen molar-refractivity contribution in [3.63, 3.8) is 0 Å². The molecule has 2 aromatic carbocycles. The number of carbonyl (C=O) groups excluding carboxylic acids is 7. The third-order valence-electron chi connectivity index (χ3n) is 15.0. The number of esters is 2. The number of carboxylic acids is 1. The number of anilines is 2. The monoisotopic (exact) mass is 1320 g/mol. The number of ether oxygens (including phenoxy) is 4. The molecule has 2 saturated heterocycles. The van der Waals surface area contributed by atoms with E-state index in [1.54, 1.807) is 104 Å². The topological polar surface area (TPSA) is 288 Å². The number of fused-ring (bicyclic) bond motifs is 2. The van der Waals surface area contributed by atoms with Crippen LogP contribution in [0.2, 0.25) is 20.1 Å². The number of benzene rings is 2. The van der Waals surface area contributed by atoms with Crippen LogP contribution < -0.4 is 21.7 Å². The molecular formula is C62H79Cl5N8O13. The molecule has 2 aliphatic heterocycles. The van der Waals surface area contributed by atoms with Gasteiger partial charge in [-0.05, 0) is 147 Å². The predicted molar refractivity (Wildman–Crippen MR) is 337 cm³/mol. The molecule has 4 aliphatic rings. The standard InChI is InChI=1S/C31H38Cl2N4O6.C17H17Cl2N3O3.C14H23NO4.ClH/c1-5-42-29(40)24(14-18-10-12-20(13-11-18)35-27(38)25-22(32)15-34-16-23(25)33)36-28(39)26-21-9-7-6-8-19(21)17-37(26)30(41)43-31(2,3)4;1-2-25-17(24)14(20)7-10-3-5-11(6-4-10)22-16(23)15-12(18)8-21-9-13(15)19;1-14(2,3)19-13(18)15-8-9-6-4-5-7-10(9)11(15)12(16)17;/h10-13,15-16,19,21,24,26H,5-9,14,17H2,1-4H3,(H,35,38)(H,36,39);3-6,8-9,14H,2,7,20H2,1H3,(H,22,23);9-11H,4-8H2,1-3H3,(H,16,17);1H/t19?,21?,24-,26+;14-;9?,10?,11-;/m110./s1. The Bertz CT molecular complexity index is 3050. The van der Waals surface area contributed by atoms with Crippen LogP contribution in [0.25, 0.3) is 0 Å². The van der Waals surface area contributed by atoms with Gasteiger partial charge in [-0.2, -0.15) is 0 Å². The van der Waals surface area contributed by atoms with E-state index >= 15 is 0 Å². The van der Waals surface area contributed by atoms with Crippen molar-refractivity contribution in [2.75, 3.05) is 36.9 Å². The second kappa shape index (κ2) is 32.8. The molecule has 4 fully saturated rings. The van der Waals surface area contributed by atoms with Gasteiger partial charge < -0.3 is 45.7 Å². The molecular weight excluding hydrogens is 1240 g/mol. The van der Waals surface area contributed by atoms with E-state index in [0.717, 1.165) is 62.5 Å². The van der Waals surface area contributed by atoms with Crippen LogP contribution in [0.1, 0.15) is 139 Å². The van der Waals surface area contributed by atoms with Crippen molar-refractivity contribution in [2.45, 2.75) is 155 Å². The number of hydrogen-bond acceptors (Lipinski definition) is 15. The molecule has 2 saturated carbocycles. The molecule has 8 rings (SSSR count). The molecule has 2 aromatic heterocycles. The number of amides is 5. The first-order chi connectivity index (χ1) is 41.1. The Labute approximate surface area is 539 Å². The molecule has 21 nitrogen and oxygen atoms in total. The van der Waals surface area contributed by atoms with Crippen molar-refractivity contribution in [1.82, 2.24) is 25.1 Å². The second-order valence-corrected chi connectivity index (χ2v) is 25.4. The number of nitrogens with one attached hydrogen (secondary N) is 3. The first-order valence-electron chi connectivity index (χ1n) is 29.1. The Morgan fingerprint density at radius 3 is 1.36 bits per heavy atom. The molecule has 4 unspecified atom stereocenters. The van der Waals surface area contributed by atoms with Crippen molar-refractivity contribution in [1.29, 1.82) is 0 Å². The van der Waals surface area contributed by atoms with Crippen molar-refractivity contribution < 1.29 is 62.4 Å². The second-order valence-electron chi connectivity index (χ2n) is 23.7. The lowest BCUT2D eigenvalue weighted by Gasteiger charge is -2.31. The first-order valence-corrected chi connectivity index (χ1v) is 30.6. The minimum absolute atomic E-state index is 0. The summed E-state index contributed by atoms with van der Waals surface area (Å²) >= 11 is 24.1. The molecule has 4 heterocycles. The number of aromatic nitrogens is 2. The molecule has 6 N–H and O–H groups in total. The summed E-state index contributed by atoms with van der Waals surface area (Å²) in [6.07, 6.45) is 12.8. The molecule has 2 aliphatic carbocycles. The van der Waals surface area contributed by atoms with Gasteiger partial charge in [0.25, 0.3) is 11.8 Å². The molecule has 26 heteroatoms. The van der Waals surface area contributed by atoms with E-state index in [0.29, 0.717) is 36.8 Å². The van der Waals surface area contributed by atoms with Crippen LogP contribution in [0.4, 0.5) is 21.0 Å². The highest BCUT2D eigenvalue weighted by Crippen LogP contribution is 2.43. The van der Waals surface area contributed by atoms with Gasteiger partial charge in [0.15, 0.2) is 0 Å². The van der Waals surface area contributed by atoms with Gasteiger partial charge in [-0.25, -0.2) is 19.2 Å². The van der Waals surface area contributed by atoms with E-state index in [9.17, 15) is 43.5 Å². The summed E-state index contributed by atoms with van der Waals surface area (Å²) in [5.41, 5.74) is 7.37. The van der Waals surface area contributed by atoms with Crippen LogP contribution in [0.3, 0.4) is 0 Å². The van der Waals surface area contributed by atoms with Crippen LogP contribution >= 0.6 is 58.8 Å². The summed E-state index contributed by atoms with van der Waals surface area (Å²) in [6, 6.07) is 10.6. The maximum absolute atomic E-state index is 13.8. The maximum atomic E-state index is 13.8. The number of carbonyl (C=O) groups is 8. The fourth-order valence-electron chi connectivity index (χ4n) is 11.2. The Hall–Kier alpha value is -6.49. The molecule has 0 spiro atoms. The van der Waals surface area contributed by atoms with Gasteiger partial charge in [-0.15, -0.1) is 12.4 Å². The van der Waals surface area contributed by atoms with E-state index in [4.69, 9.17) is 71.1 Å². The third kappa shape index (κ3) is 20.3. The van der Waals surface area contributed by atoms with Gasteiger partial charge >= 0.3 is 30.1 Å². The molecule has 0 radical (unpaired) electrons. The minimum Gasteiger partial charge on any atom is -0.480 e. The zero-order valence-corrected chi connectivity index (χ0v) is 54.4. The number of halogens is 5. The van der Waals surface area contributed by atoms with E-state index < -0.39 is 83.2 Å². The summed E-state index contributed by atoms with van der Waals surface area (Å²) in [6.45, 7) is 15.6. The normalized spacial score (nSPS) is 20.0. The Morgan fingerprint density at radius 2 is 0.966 bits per heavy atom. The molecule has 480 valence electrons. The van der Waals surface area contributed by atoms with Crippen LogP contribution in [0, 0.1) is 23.7 Å². The van der Waals surface area contributed by atoms with Gasteiger partial charge in [0.05, 0.1) is 44.4 Å². The SMILES string of the molecule is CC(C)(C)OC(=O)N1CC2CCCCC2[C@H]1C(=O)O.CCOC(=O)[C@@H](Cc1ccc(NC(=O)c2c(Cl)cncc2Cl)cc1)NC(=O)[C@@H]1C2CCCCC2CN1C(=O)OC(C)(C)C.CCOC(=O)[C@H](N)Cc1ccc(NC(=O)c2c(Cl)cncc2Cl)cc1.Cl. The molecule has 88 heavy (non-hydrogen) atoms. The van der Waals surface area contributed by atoms with Crippen molar-refractivity contribution in [3.8, 4) is 0 Å². The molecule has 8 atom stereocenters. The Kier molecular flexibility index (Phi) is 27.0. The Morgan fingerprint density at radius 1 is 0.591 bits per heavy atom. The first kappa shape index (κ1) is 72.3. The van der Waals surface area contributed by atoms with Crippen molar-refractivity contribution in [3.05, 3.63) is 116 Å². The number of aliphatic carboxylic acids is 1. The largest absolute Gasteiger partial charge is 0.480 e. The number of hydrogen-bond donors (Lipinski definition) is 5. The van der Waals surface area contributed by atoms with Crippen molar-refractivity contribution in [2.24, 2.45) is 29.4 Å². The van der Waals surface area contributed by atoms with Crippen LogP contribution in [0.15, 0.2) is 73.3 Å². The van der Waals surface area contributed by atoms with Crippen LogP contribution in [-0.4, -0.2) is 134 Å². The zero-order chi connectivity index (χ0) is 63.9. The van der Waals surface area contributed by atoms with Gasteiger partial charge in [-0.3, -0.25) is 38.9 Å². The number of carboxylic acid groups (broad SMARTS) is 1. The van der Waals surface area contributed by atoms with Gasteiger partial charge in [0, 0.05) is 55.7 Å². The third-order valence-corrected chi connectivity index (χ3v) is 16.2. The van der Waals surface area contributed by atoms with Crippen LogP contribution in [0.5, 0.6) is 0 Å². The lowest BCUT2D eigenvalue weighted by atomic mass is 9.78.